The molecule has 3 aromatic rings. The van der Waals surface area contributed by atoms with E-state index in [1.54, 1.807) is 19.2 Å². The zero-order valence-electron chi connectivity index (χ0n) is 25.0. The minimum atomic E-state index is -4.82. The van der Waals surface area contributed by atoms with Crippen molar-refractivity contribution in [1.82, 2.24) is 25.1 Å². The Hall–Kier alpha value is -3.58. The Balaban J connectivity index is 1.40. The Bertz CT molecular complexity index is 1520. The minimum absolute atomic E-state index is 0.00222. The van der Waals surface area contributed by atoms with Gasteiger partial charge in [-0.05, 0) is 61.6 Å². The molecule has 1 aromatic carbocycles. The van der Waals surface area contributed by atoms with Gasteiger partial charge in [0.2, 0.25) is 17.9 Å². The van der Waals surface area contributed by atoms with E-state index in [9.17, 15) is 23.1 Å². The molecule has 10 nitrogen and oxygen atoms in total. The number of carbonyl (C=O) groups is 1. The number of nitrogens with one attached hydrogen (secondary N) is 1. The van der Waals surface area contributed by atoms with Crippen LogP contribution in [0.5, 0.6) is 5.88 Å². The first-order valence-electron chi connectivity index (χ1n) is 14.5. The molecule has 0 radical (unpaired) electrons. The molecule has 0 bridgehead atoms. The van der Waals surface area contributed by atoms with Crippen molar-refractivity contribution in [1.29, 1.82) is 0 Å². The SMILES string of the molecule is Cc1ccn(-c2cc(Cl)ccc2[C@@H](Oc2cc(N3CCC4(CC3)CC(C(=O)O)NC4CC(C)(C)C)nc(N)n2)C(F)(F)F)n1. The van der Waals surface area contributed by atoms with Crippen LogP contribution in [-0.4, -0.2) is 62.2 Å². The van der Waals surface area contributed by atoms with Crippen molar-refractivity contribution in [3.8, 4) is 11.6 Å². The summed E-state index contributed by atoms with van der Waals surface area (Å²) < 4.78 is 50.5. The maximum atomic E-state index is 14.5. The highest BCUT2D eigenvalue weighted by Gasteiger charge is 2.51. The molecule has 238 valence electrons. The van der Waals surface area contributed by atoms with E-state index in [1.807, 2.05) is 4.90 Å². The maximum absolute atomic E-state index is 14.5. The van der Waals surface area contributed by atoms with Gasteiger partial charge < -0.3 is 25.8 Å². The number of nitrogens with zero attached hydrogens (tertiary/aromatic N) is 5. The van der Waals surface area contributed by atoms with Crippen molar-refractivity contribution in [2.75, 3.05) is 23.7 Å². The number of piperidine rings is 1. The summed E-state index contributed by atoms with van der Waals surface area (Å²) in [6.45, 7) is 9.17. The van der Waals surface area contributed by atoms with Gasteiger partial charge in [-0.1, -0.05) is 38.4 Å². The summed E-state index contributed by atoms with van der Waals surface area (Å²) >= 11 is 6.15. The molecule has 0 amide bonds. The first-order valence-corrected chi connectivity index (χ1v) is 14.8. The number of nitrogens with two attached hydrogens (primary N) is 1. The van der Waals surface area contributed by atoms with Crippen LogP contribution in [-0.2, 0) is 4.79 Å². The van der Waals surface area contributed by atoms with E-state index >= 15 is 0 Å². The molecule has 3 atom stereocenters. The molecular formula is C30H37ClF3N7O3. The number of carboxylic acids is 1. The number of carboxylic acid groups (broad SMARTS) is 1. The van der Waals surface area contributed by atoms with Gasteiger partial charge >= 0.3 is 12.1 Å². The number of alkyl halides is 3. The van der Waals surface area contributed by atoms with Gasteiger partial charge in [-0.2, -0.15) is 28.2 Å². The summed E-state index contributed by atoms with van der Waals surface area (Å²) in [6, 6.07) is 6.46. The number of ether oxygens (including phenoxy) is 1. The molecule has 4 heterocycles. The molecule has 2 unspecified atom stereocenters. The van der Waals surface area contributed by atoms with Gasteiger partial charge in [0.1, 0.15) is 11.9 Å². The van der Waals surface area contributed by atoms with E-state index in [-0.39, 0.29) is 45.0 Å². The van der Waals surface area contributed by atoms with Crippen molar-refractivity contribution in [2.45, 2.75) is 77.7 Å². The first-order chi connectivity index (χ1) is 20.5. The Morgan fingerprint density at radius 1 is 1.20 bits per heavy atom. The minimum Gasteiger partial charge on any atom is -0.480 e. The van der Waals surface area contributed by atoms with Gasteiger partial charge in [0.25, 0.3) is 0 Å². The second-order valence-corrected chi connectivity index (χ2v) is 13.4. The number of nitrogen functional groups attached to an aromatic ring is 1. The first kappa shape index (κ1) is 31.8. The number of hydrogen-bond acceptors (Lipinski definition) is 8. The monoisotopic (exact) mass is 635 g/mol. The molecule has 1 spiro atoms. The lowest BCUT2D eigenvalue weighted by atomic mass is 9.68. The van der Waals surface area contributed by atoms with E-state index in [4.69, 9.17) is 22.1 Å². The third kappa shape index (κ3) is 6.88. The van der Waals surface area contributed by atoms with Gasteiger partial charge in [0.15, 0.2) is 0 Å². The molecule has 2 aliphatic heterocycles. The van der Waals surface area contributed by atoms with E-state index in [0.717, 1.165) is 6.42 Å². The number of benzene rings is 1. The van der Waals surface area contributed by atoms with Crippen molar-refractivity contribution in [3.63, 3.8) is 0 Å². The number of aromatic nitrogens is 4. The Kier molecular flexibility index (Phi) is 8.49. The fourth-order valence-electron chi connectivity index (χ4n) is 6.37. The average molecular weight is 636 g/mol. The summed E-state index contributed by atoms with van der Waals surface area (Å²) in [5.41, 5.74) is 6.29. The van der Waals surface area contributed by atoms with Crippen LogP contribution in [0.25, 0.3) is 5.69 Å². The van der Waals surface area contributed by atoms with Crippen LogP contribution in [0.3, 0.4) is 0 Å². The van der Waals surface area contributed by atoms with Gasteiger partial charge in [0, 0.05) is 42.0 Å². The normalized spacial score (nSPS) is 21.0. The van der Waals surface area contributed by atoms with Gasteiger partial charge in [0.05, 0.1) is 11.4 Å². The second kappa shape index (κ2) is 11.7. The lowest BCUT2D eigenvalue weighted by Crippen LogP contribution is -2.48. The molecule has 44 heavy (non-hydrogen) atoms. The molecule has 2 saturated heterocycles. The third-order valence-corrected chi connectivity index (χ3v) is 8.67. The molecule has 2 aliphatic rings. The Morgan fingerprint density at radius 2 is 1.91 bits per heavy atom. The zero-order chi connectivity index (χ0) is 32.0. The molecule has 14 heteroatoms. The van der Waals surface area contributed by atoms with Gasteiger partial charge in [-0.3, -0.25) is 4.79 Å². The van der Waals surface area contributed by atoms with Crippen molar-refractivity contribution < 1.29 is 27.8 Å². The number of aliphatic carboxylic acids is 1. The van der Waals surface area contributed by atoms with Crippen molar-refractivity contribution in [3.05, 3.63) is 52.8 Å². The number of halogens is 4. The molecule has 5 rings (SSSR count). The smallest absolute Gasteiger partial charge is 0.429 e. The highest BCUT2D eigenvalue weighted by Crippen LogP contribution is 2.48. The fraction of sp³-hybridized carbons (Fsp3) is 0.533. The molecule has 4 N–H and O–H groups in total. The number of anilines is 2. The predicted molar refractivity (Wildman–Crippen MR) is 160 cm³/mol. The fourth-order valence-corrected chi connectivity index (χ4v) is 6.54. The quantitative estimate of drug-likeness (QED) is 0.298. The van der Waals surface area contributed by atoms with E-state index in [1.165, 1.54) is 28.9 Å². The summed E-state index contributed by atoms with van der Waals surface area (Å²) in [6.07, 6.45) is -2.96. The zero-order valence-corrected chi connectivity index (χ0v) is 25.8. The van der Waals surface area contributed by atoms with Crippen molar-refractivity contribution in [2.24, 2.45) is 10.8 Å². The number of aryl methyl sites for hydroxylation is 1. The molecular weight excluding hydrogens is 599 g/mol. The van der Waals surface area contributed by atoms with E-state index in [0.29, 0.717) is 43.9 Å². The Labute approximate surface area is 258 Å². The molecule has 0 saturated carbocycles. The molecule has 0 aliphatic carbocycles. The highest BCUT2D eigenvalue weighted by molar-refractivity contribution is 6.30. The largest absolute Gasteiger partial charge is 0.480 e. The van der Waals surface area contributed by atoms with Crippen LogP contribution in [0.15, 0.2) is 36.5 Å². The molecule has 2 aromatic heterocycles. The number of rotatable bonds is 7. The number of hydrogen-bond donors (Lipinski definition) is 3. The molecule has 2 fully saturated rings. The standard InChI is InChI=1S/C30H37ClF3N7O3/c1-17-7-10-41(39-17)21-13-18(31)5-6-19(21)25(30(32,33)34)44-24-14-23(37-27(35)38-24)40-11-8-29(9-12-40)15-20(26(42)43)36-22(29)16-28(2,3)4/h5-7,10,13-14,20,22,25,36H,8-9,11-12,15-16H2,1-4H3,(H,42,43)(H2,35,37,38)/t20?,22?,25-/m1/s1. The lowest BCUT2D eigenvalue weighted by Gasteiger charge is -2.44. The summed E-state index contributed by atoms with van der Waals surface area (Å²) in [5, 5.41) is 17.6. The summed E-state index contributed by atoms with van der Waals surface area (Å²) in [5.74, 6) is -1.07. The highest BCUT2D eigenvalue weighted by atomic mass is 35.5. The van der Waals surface area contributed by atoms with Crippen LogP contribution in [0.1, 0.15) is 63.8 Å². The van der Waals surface area contributed by atoms with Crippen LogP contribution in [0.2, 0.25) is 5.02 Å². The van der Waals surface area contributed by atoms with Gasteiger partial charge in [-0.25, -0.2) is 4.68 Å². The average Bonchev–Trinajstić information content (AvgIpc) is 3.50. The Morgan fingerprint density at radius 3 is 2.50 bits per heavy atom. The van der Waals surface area contributed by atoms with Crippen LogP contribution in [0.4, 0.5) is 24.9 Å². The van der Waals surface area contributed by atoms with Crippen LogP contribution >= 0.6 is 11.6 Å². The van der Waals surface area contributed by atoms with Crippen LogP contribution < -0.4 is 20.7 Å². The van der Waals surface area contributed by atoms with Gasteiger partial charge in [-0.15, -0.1) is 0 Å². The lowest BCUT2D eigenvalue weighted by molar-refractivity contribution is -0.198. The van der Waals surface area contributed by atoms with Crippen molar-refractivity contribution >= 4 is 29.3 Å². The summed E-state index contributed by atoms with van der Waals surface area (Å²) in [4.78, 5) is 22.1. The predicted octanol–water partition coefficient (Wildman–Crippen LogP) is 5.73. The van der Waals surface area contributed by atoms with E-state index < -0.39 is 24.3 Å². The van der Waals surface area contributed by atoms with Crippen LogP contribution in [0, 0.1) is 17.8 Å². The third-order valence-electron chi connectivity index (χ3n) is 8.44. The second-order valence-electron chi connectivity index (χ2n) is 13.0. The summed E-state index contributed by atoms with van der Waals surface area (Å²) in [7, 11) is 0. The maximum Gasteiger partial charge on any atom is 0.429 e. The topological polar surface area (TPSA) is 131 Å². The van der Waals surface area contributed by atoms with E-state index in [2.05, 4.69) is 41.2 Å².